The summed E-state index contributed by atoms with van der Waals surface area (Å²) in [6.45, 7) is 3.74. The van der Waals surface area contributed by atoms with E-state index in [-0.39, 0.29) is 6.61 Å². The highest BCUT2D eigenvalue weighted by molar-refractivity contribution is 5.83. The van der Waals surface area contributed by atoms with E-state index in [1.807, 2.05) is 35.9 Å². The fourth-order valence-corrected chi connectivity index (χ4v) is 3.12. The Kier molecular flexibility index (Phi) is 3.68. The van der Waals surface area contributed by atoms with Gasteiger partial charge in [0.1, 0.15) is 0 Å². The van der Waals surface area contributed by atoms with Gasteiger partial charge >= 0.3 is 5.97 Å². The Hall–Kier alpha value is -1.88. The number of nitrogens with zero attached hydrogens (tertiary/aromatic N) is 2. The third-order valence-electron chi connectivity index (χ3n) is 4.32. The van der Waals surface area contributed by atoms with Crippen molar-refractivity contribution in [3.8, 4) is 0 Å². The van der Waals surface area contributed by atoms with Crippen LogP contribution in [-0.4, -0.2) is 34.1 Å². The zero-order valence-corrected chi connectivity index (χ0v) is 12.2. The average molecular weight is 288 g/mol. The van der Waals surface area contributed by atoms with Gasteiger partial charge in [-0.25, -0.2) is 0 Å². The van der Waals surface area contributed by atoms with Gasteiger partial charge in [0, 0.05) is 25.0 Å². The molecule has 1 aliphatic rings. The number of fused-ring (bicyclic) bond motifs is 1. The zero-order valence-electron chi connectivity index (χ0n) is 12.2. The minimum absolute atomic E-state index is 0.273. The topological polar surface area (TPSA) is 64.4 Å². The van der Waals surface area contributed by atoms with Crippen LogP contribution in [0.3, 0.4) is 0 Å². The first-order valence-corrected chi connectivity index (χ1v) is 7.42. The largest absolute Gasteiger partial charge is 0.481 e. The van der Waals surface area contributed by atoms with Crippen LogP contribution in [0.5, 0.6) is 0 Å². The van der Waals surface area contributed by atoms with Gasteiger partial charge in [0.25, 0.3) is 0 Å². The molecule has 1 aliphatic heterocycles. The Labute approximate surface area is 123 Å². The molecule has 2 heterocycles. The molecular weight excluding hydrogens is 268 g/mol. The molecule has 3 rings (SSSR count). The number of rotatable bonds is 4. The molecule has 1 aromatic heterocycles. The number of carboxylic acids is 1. The third-order valence-corrected chi connectivity index (χ3v) is 4.32. The van der Waals surface area contributed by atoms with Crippen LogP contribution in [-0.2, 0) is 22.5 Å². The van der Waals surface area contributed by atoms with E-state index in [4.69, 9.17) is 4.74 Å². The number of aryl methyl sites for hydroxylation is 1. The molecule has 2 aromatic rings. The lowest BCUT2D eigenvalue weighted by atomic mass is 9.78. The Bertz CT molecular complexity index is 657. The van der Waals surface area contributed by atoms with E-state index in [0.29, 0.717) is 19.4 Å². The molecule has 0 amide bonds. The van der Waals surface area contributed by atoms with Gasteiger partial charge in [-0.2, -0.15) is 5.10 Å². The van der Waals surface area contributed by atoms with E-state index >= 15 is 0 Å². The van der Waals surface area contributed by atoms with Gasteiger partial charge in [-0.1, -0.05) is 18.2 Å². The molecule has 112 valence electrons. The van der Waals surface area contributed by atoms with E-state index in [1.165, 1.54) is 0 Å². The Morgan fingerprint density at radius 2 is 2.29 bits per heavy atom. The van der Waals surface area contributed by atoms with Gasteiger partial charge in [0.2, 0.25) is 0 Å². The van der Waals surface area contributed by atoms with Crippen molar-refractivity contribution in [1.29, 1.82) is 0 Å². The first-order chi connectivity index (χ1) is 10.2. The quantitative estimate of drug-likeness (QED) is 0.938. The fraction of sp³-hybridized carbons (Fsp3) is 0.500. The van der Waals surface area contributed by atoms with Gasteiger partial charge in [-0.05, 0) is 25.8 Å². The molecule has 1 unspecified atom stereocenters. The normalized spacial score (nSPS) is 22.5. The summed E-state index contributed by atoms with van der Waals surface area (Å²) < 4.78 is 7.38. The number of benzene rings is 1. The first kappa shape index (κ1) is 14.1. The van der Waals surface area contributed by atoms with Crippen molar-refractivity contribution in [2.75, 3.05) is 13.2 Å². The van der Waals surface area contributed by atoms with Crippen molar-refractivity contribution >= 4 is 16.9 Å². The van der Waals surface area contributed by atoms with Gasteiger partial charge in [0.15, 0.2) is 0 Å². The highest BCUT2D eigenvalue weighted by Gasteiger charge is 2.41. The Balaban J connectivity index is 2.02. The lowest BCUT2D eigenvalue weighted by Gasteiger charge is -2.32. The molecular formula is C16H20N2O3. The minimum Gasteiger partial charge on any atom is -0.481 e. The van der Waals surface area contributed by atoms with Gasteiger partial charge in [0.05, 0.1) is 23.2 Å². The first-order valence-electron chi connectivity index (χ1n) is 7.42. The lowest BCUT2D eigenvalue weighted by Crippen LogP contribution is -2.41. The molecule has 0 radical (unpaired) electrons. The Morgan fingerprint density at radius 3 is 2.95 bits per heavy atom. The average Bonchev–Trinajstić information content (AvgIpc) is 2.86. The number of ether oxygens (including phenoxy) is 1. The number of para-hydroxylation sites is 1. The predicted molar refractivity (Wildman–Crippen MR) is 79.2 cm³/mol. The third kappa shape index (κ3) is 2.42. The molecule has 1 atom stereocenters. The molecule has 21 heavy (non-hydrogen) atoms. The summed E-state index contributed by atoms with van der Waals surface area (Å²) in [6, 6.07) is 8.00. The van der Waals surface area contributed by atoms with Crippen LogP contribution in [0.4, 0.5) is 0 Å². The molecule has 1 fully saturated rings. The van der Waals surface area contributed by atoms with E-state index in [2.05, 4.69) is 5.10 Å². The van der Waals surface area contributed by atoms with Crippen molar-refractivity contribution in [3.05, 3.63) is 30.0 Å². The van der Waals surface area contributed by atoms with Crippen molar-refractivity contribution in [2.45, 2.75) is 32.7 Å². The van der Waals surface area contributed by atoms with Crippen LogP contribution in [0.1, 0.15) is 25.5 Å². The molecule has 0 saturated carbocycles. The van der Waals surface area contributed by atoms with Crippen molar-refractivity contribution in [1.82, 2.24) is 9.78 Å². The van der Waals surface area contributed by atoms with Crippen molar-refractivity contribution < 1.29 is 14.6 Å². The molecule has 1 saturated heterocycles. The maximum atomic E-state index is 11.8. The molecule has 0 spiro atoms. The van der Waals surface area contributed by atoms with Gasteiger partial charge in [-0.3, -0.25) is 9.48 Å². The van der Waals surface area contributed by atoms with E-state index in [9.17, 15) is 9.90 Å². The SMILES string of the molecule is CCn1nc(CC2(C(=O)O)CCCOC2)c2ccccc21. The smallest absolute Gasteiger partial charge is 0.312 e. The van der Waals surface area contributed by atoms with Crippen LogP contribution in [0.15, 0.2) is 24.3 Å². The van der Waals surface area contributed by atoms with Crippen molar-refractivity contribution in [2.24, 2.45) is 5.41 Å². The highest BCUT2D eigenvalue weighted by Crippen LogP contribution is 2.34. The maximum absolute atomic E-state index is 11.8. The zero-order chi connectivity index (χ0) is 14.9. The fourth-order valence-electron chi connectivity index (χ4n) is 3.12. The lowest BCUT2D eigenvalue weighted by molar-refractivity contribution is -0.157. The monoisotopic (exact) mass is 288 g/mol. The van der Waals surface area contributed by atoms with E-state index in [0.717, 1.165) is 29.6 Å². The molecule has 5 nitrogen and oxygen atoms in total. The van der Waals surface area contributed by atoms with Gasteiger partial charge < -0.3 is 9.84 Å². The number of carbonyl (C=O) groups is 1. The number of carboxylic acid groups (broad SMARTS) is 1. The van der Waals surface area contributed by atoms with Crippen LogP contribution in [0, 0.1) is 5.41 Å². The summed E-state index contributed by atoms with van der Waals surface area (Å²) in [4.78, 5) is 11.8. The number of aromatic nitrogens is 2. The van der Waals surface area contributed by atoms with Crippen molar-refractivity contribution in [3.63, 3.8) is 0 Å². The molecule has 0 aliphatic carbocycles. The molecule has 1 aromatic carbocycles. The summed E-state index contributed by atoms with van der Waals surface area (Å²) in [5.74, 6) is -0.780. The van der Waals surface area contributed by atoms with E-state index < -0.39 is 11.4 Å². The number of hydrogen-bond acceptors (Lipinski definition) is 3. The Morgan fingerprint density at radius 1 is 1.48 bits per heavy atom. The molecule has 0 bridgehead atoms. The van der Waals surface area contributed by atoms with E-state index in [1.54, 1.807) is 0 Å². The second-order valence-corrected chi connectivity index (χ2v) is 5.70. The number of aliphatic carboxylic acids is 1. The predicted octanol–water partition coefficient (Wildman–Crippen LogP) is 2.48. The number of hydrogen-bond donors (Lipinski definition) is 1. The minimum atomic E-state index is -0.839. The summed E-state index contributed by atoms with van der Waals surface area (Å²) in [6.07, 6.45) is 1.87. The second-order valence-electron chi connectivity index (χ2n) is 5.70. The summed E-state index contributed by atoms with van der Waals surface area (Å²) >= 11 is 0. The van der Waals surface area contributed by atoms with Crippen LogP contribution >= 0.6 is 0 Å². The van der Waals surface area contributed by atoms with Crippen LogP contribution < -0.4 is 0 Å². The second kappa shape index (κ2) is 5.48. The molecule has 1 N–H and O–H groups in total. The van der Waals surface area contributed by atoms with Gasteiger partial charge in [-0.15, -0.1) is 0 Å². The summed E-state index contributed by atoms with van der Waals surface area (Å²) in [5.41, 5.74) is 1.08. The van der Waals surface area contributed by atoms with Crippen LogP contribution in [0.25, 0.3) is 10.9 Å². The maximum Gasteiger partial charge on any atom is 0.312 e. The summed E-state index contributed by atoms with van der Waals surface area (Å²) in [7, 11) is 0. The summed E-state index contributed by atoms with van der Waals surface area (Å²) in [5, 5.41) is 15.3. The highest BCUT2D eigenvalue weighted by atomic mass is 16.5. The molecule has 5 heteroatoms. The standard InChI is InChI=1S/C16H20N2O3/c1-2-18-14-7-4-3-6-12(14)13(17-18)10-16(15(19)20)8-5-9-21-11-16/h3-4,6-7H,2,5,8-11H2,1H3,(H,19,20). The van der Waals surface area contributed by atoms with Crippen LogP contribution in [0.2, 0.25) is 0 Å².